The molecule has 1 aromatic carbocycles. The lowest BCUT2D eigenvalue weighted by atomic mass is 9.90. The van der Waals surface area contributed by atoms with Crippen molar-refractivity contribution in [2.75, 3.05) is 7.05 Å². The van der Waals surface area contributed by atoms with Crippen LogP contribution in [0.25, 0.3) is 0 Å². The minimum atomic E-state index is -0.870. The van der Waals surface area contributed by atoms with Crippen LogP contribution in [0.5, 0.6) is 0 Å². The van der Waals surface area contributed by atoms with E-state index in [0.29, 0.717) is 21.3 Å². The number of aliphatic imine (C=N–C) groups is 1. The number of hydrogen-bond donors (Lipinski definition) is 1. The van der Waals surface area contributed by atoms with Crippen LogP contribution in [-0.2, 0) is 16.8 Å². The summed E-state index contributed by atoms with van der Waals surface area (Å²) >= 11 is 12.0. The summed E-state index contributed by atoms with van der Waals surface area (Å²) in [5, 5.41) is 0.782. The van der Waals surface area contributed by atoms with Gasteiger partial charge in [-0.3, -0.25) is 19.5 Å². The summed E-state index contributed by atoms with van der Waals surface area (Å²) in [5.74, 6) is -0.132. The van der Waals surface area contributed by atoms with Gasteiger partial charge in [0, 0.05) is 30.3 Å². The van der Waals surface area contributed by atoms with Gasteiger partial charge in [-0.2, -0.15) is 0 Å². The number of nitrogens with zero attached hydrogens (tertiary/aromatic N) is 3. The van der Waals surface area contributed by atoms with Gasteiger partial charge in [-0.05, 0) is 42.8 Å². The van der Waals surface area contributed by atoms with Gasteiger partial charge >= 0.3 is 0 Å². The first-order chi connectivity index (χ1) is 12.7. The molecule has 0 saturated heterocycles. The zero-order valence-electron chi connectivity index (χ0n) is 14.9. The molecule has 3 rings (SSSR count). The maximum Gasteiger partial charge on any atom is 0.231 e. The van der Waals surface area contributed by atoms with Gasteiger partial charge in [0.15, 0.2) is 11.7 Å². The van der Waals surface area contributed by atoms with E-state index in [-0.39, 0.29) is 30.5 Å². The molecular formula is C19H18Cl2N4O2. The fraction of sp³-hybridized carbons (Fsp3) is 0.263. The summed E-state index contributed by atoms with van der Waals surface area (Å²) in [7, 11) is 1.58. The highest BCUT2D eigenvalue weighted by molar-refractivity contribution is 6.36. The van der Waals surface area contributed by atoms with Crippen LogP contribution in [0.1, 0.15) is 35.0 Å². The van der Waals surface area contributed by atoms with Crippen LogP contribution in [0.2, 0.25) is 10.0 Å². The molecule has 0 bridgehead atoms. The second kappa shape index (κ2) is 7.29. The molecule has 1 aliphatic heterocycles. The van der Waals surface area contributed by atoms with E-state index >= 15 is 0 Å². The molecule has 1 atom stereocenters. The lowest BCUT2D eigenvalue weighted by Gasteiger charge is -2.32. The molecule has 0 spiro atoms. The van der Waals surface area contributed by atoms with E-state index in [1.165, 1.54) is 11.0 Å². The average molecular weight is 405 g/mol. The molecule has 1 unspecified atom stereocenters. The largest absolute Gasteiger partial charge is 0.369 e. The zero-order valence-corrected chi connectivity index (χ0v) is 16.4. The van der Waals surface area contributed by atoms with Gasteiger partial charge in [0.1, 0.15) is 5.54 Å². The first-order valence-electron chi connectivity index (χ1n) is 8.25. The van der Waals surface area contributed by atoms with Crippen molar-refractivity contribution < 1.29 is 9.59 Å². The molecule has 8 heteroatoms. The molecule has 0 radical (unpaired) electrons. The first-order valence-corrected chi connectivity index (χ1v) is 9.01. The lowest BCUT2D eigenvalue weighted by molar-refractivity contribution is -0.128. The Morgan fingerprint density at radius 2 is 2.04 bits per heavy atom. The van der Waals surface area contributed by atoms with E-state index in [4.69, 9.17) is 28.9 Å². The summed E-state index contributed by atoms with van der Waals surface area (Å²) < 4.78 is 0. The number of amides is 1. The molecule has 0 fully saturated rings. The summed E-state index contributed by atoms with van der Waals surface area (Å²) in [5.41, 5.74) is 6.72. The molecule has 6 nitrogen and oxygen atoms in total. The minimum Gasteiger partial charge on any atom is -0.369 e. The van der Waals surface area contributed by atoms with Crippen molar-refractivity contribution in [1.29, 1.82) is 0 Å². The maximum atomic E-state index is 12.6. The molecule has 1 aromatic heterocycles. The van der Waals surface area contributed by atoms with Gasteiger partial charge in [0.25, 0.3) is 0 Å². The molecule has 1 aliphatic rings. The predicted molar refractivity (Wildman–Crippen MR) is 105 cm³/mol. The number of rotatable bonds is 4. The van der Waals surface area contributed by atoms with Crippen molar-refractivity contribution in [3.63, 3.8) is 0 Å². The van der Waals surface area contributed by atoms with E-state index in [0.717, 1.165) is 5.56 Å². The number of carbonyl (C=O) groups excluding carboxylic acids is 2. The van der Waals surface area contributed by atoms with Crippen molar-refractivity contribution >= 4 is 40.9 Å². The molecule has 2 heterocycles. The van der Waals surface area contributed by atoms with Gasteiger partial charge in [0.05, 0.1) is 17.1 Å². The van der Waals surface area contributed by atoms with E-state index in [9.17, 15) is 9.59 Å². The van der Waals surface area contributed by atoms with Crippen molar-refractivity contribution in [3.05, 3.63) is 63.4 Å². The molecule has 0 aliphatic carbocycles. The lowest BCUT2D eigenvalue weighted by Crippen LogP contribution is -2.47. The molecule has 140 valence electrons. The van der Waals surface area contributed by atoms with Gasteiger partial charge in [-0.15, -0.1) is 0 Å². The quantitative estimate of drug-likeness (QED) is 0.792. The van der Waals surface area contributed by atoms with E-state index < -0.39 is 5.54 Å². The molecule has 2 N–H and O–H groups in total. The normalized spacial score (nSPS) is 19.8. The fourth-order valence-electron chi connectivity index (χ4n) is 2.93. The van der Waals surface area contributed by atoms with Gasteiger partial charge in [0.2, 0.25) is 5.91 Å². The average Bonchev–Trinajstić information content (AvgIpc) is 2.59. The van der Waals surface area contributed by atoms with Gasteiger partial charge < -0.3 is 5.73 Å². The second-order valence-corrected chi connectivity index (χ2v) is 7.49. The summed E-state index contributed by atoms with van der Waals surface area (Å²) in [6, 6.07) is 8.30. The monoisotopic (exact) mass is 404 g/mol. The van der Waals surface area contributed by atoms with Gasteiger partial charge in [-0.25, -0.2) is 4.99 Å². The highest BCUT2D eigenvalue weighted by atomic mass is 35.5. The predicted octanol–water partition coefficient (Wildman–Crippen LogP) is 3.21. The summed E-state index contributed by atoms with van der Waals surface area (Å²) in [6.45, 7) is 1.80. The Hall–Kier alpha value is -2.44. The number of aromatic nitrogens is 1. The third-order valence-electron chi connectivity index (χ3n) is 4.55. The van der Waals surface area contributed by atoms with Crippen LogP contribution < -0.4 is 5.73 Å². The Balaban J connectivity index is 1.88. The van der Waals surface area contributed by atoms with E-state index in [2.05, 4.69) is 9.98 Å². The molecule has 1 amide bonds. The Morgan fingerprint density at radius 3 is 2.70 bits per heavy atom. The van der Waals surface area contributed by atoms with Crippen molar-refractivity contribution in [2.24, 2.45) is 10.7 Å². The van der Waals surface area contributed by atoms with E-state index in [1.54, 1.807) is 44.4 Å². The Bertz CT molecular complexity index is 960. The fourth-order valence-corrected chi connectivity index (χ4v) is 3.44. The molecule has 0 saturated carbocycles. The molecular weight excluding hydrogens is 387 g/mol. The highest BCUT2D eigenvalue weighted by Crippen LogP contribution is 2.32. The summed E-state index contributed by atoms with van der Waals surface area (Å²) in [6.07, 6.45) is 1.89. The number of halogens is 2. The first kappa shape index (κ1) is 19.3. The highest BCUT2D eigenvalue weighted by Gasteiger charge is 2.37. The number of nitrogens with two attached hydrogens (primary N) is 1. The number of carbonyl (C=O) groups is 2. The number of pyridine rings is 1. The second-order valence-electron chi connectivity index (χ2n) is 6.65. The van der Waals surface area contributed by atoms with Crippen molar-refractivity contribution in [3.8, 4) is 0 Å². The van der Waals surface area contributed by atoms with Crippen LogP contribution in [0, 0.1) is 0 Å². The number of guanidine groups is 1. The van der Waals surface area contributed by atoms with Gasteiger partial charge in [-0.1, -0.05) is 23.2 Å². The number of Topliss-reactive ketones (excluding diaryl/α,β-unsaturated/α-hetero) is 1. The van der Waals surface area contributed by atoms with Crippen LogP contribution in [0.15, 0.2) is 41.5 Å². The third-order valence-corrected chi connectivity index (χ3v) is 5.09. The Labute approximate surface area is 167 Å². The zero-order chi connectivity index (χ0) is 19.8. The van der Waals surface area contributed by atoms with Crippen LogP contribution >= 0.6 is 23.2 Å². The van der Waals surface area contributed by atoms with Crippen LogP contribution in [-0.4, -0.2) is 34.6 Å². The summed E-state index contributed by atoms with van der Waals surface area (Å²) in [4.78, 5) is 34.9. The Kier molecular flexibility index (Phi) is 5.22. The number of hydrogen-bond acceptors (Lipinski definition) is 5. The number of ketones is 1. The van der Waals surface area contributed by atoms with Crippen molar-refractivity contribution in [2.45, 2.75) is 25.3 Å². The smallest absolute Gasteiger partial charge is 0.231 e. The van der Waals surface area contributed by atoms with Crippen molar-refractivity contribution in [1.82, 2.24) is 9.88 Å². The molecule has 2 aromatic rings. The Morgan fingerprint density at radius 1 is 1.30 bits per heavy atom. The number of benzene rings is 1. The maximum absolute atomic E-state index is 12.6. The third kappa shape index (κ3) is 3.96. The SMILES string of the molecule is CN1C(=O)CC(C)(c2cc(CC(=O)c3ccc(Cl)cc3Cl)ccn2)N=C1N. The molecule has 27 heavy (non-hydrogen) atoms. The topological polar surface area (TPSA) is 88.7 Å². The van der Waals surface area contributed by atoms with Crippen LogP contribution in [0.3, 0.4) is 0 Å². The van der Waals surface area contributed by atoms with E-state index in [1.807, 2.05) is 0 Å². The minimum absolute atomic E-state index is 0.138. The van der Waals surface area contributed by atoms with Crippen LogP contribution in [0.4, 0.5) is 0 Å². The standard InChI is InChI=1S/C19H18Cl2N4O2/c1-19(10-17(27)25(2)18(22)24-19)16-8-11(5-6-23-16)7-15(26)13-4-3-12(20)9-14(13)21/h3-6,8-9H,7,10H2,1-2H3,(H2,22,24).